The molecule has 8 nitrogen and oxygen atoms in total. The Morgan fingerprint density at radius 3 is 1.18 bits per heavy atom. The monoisotopic (exact) mass is 862 g/mol. The summed E-state index contributed by atoms with van der Waals surface area (Å²) < 4.78 is 17.3. The summed E-state index contributed by atoms with van der Waals surface area (Å²) in [6.07, 6.45) is 50.6. The smallest absolute Gasteiger partial charge is 0.306 e. The van der Waals surface area contributed by atoms with Crippen LogP contribution in [0.15, 0.2) is 24.3 Å². The predicted octanol–water partition coefficient (Wildman–Crippen LogP) is 13.5. The molecule has 0 N–H and O–H groups in total. The Morgan fingerprint density at radius 1 is 0.475 bits per heavy atom. The molecular weight excluding hydrogens is 763 g/mol. The third kappa shape index (κ3) is 42.9. The minimum absolute atomic E-state index is 0.0421. The number of carbonyl (C=O) groups excluding carboxylic acids is 3. The summed E-state index contributed by atoms with van der Waals surface area (Å²) in [5.41, 5.74) is 0. The molecule has 2 atom stereocenters. The van der Waals surface area contributed by atoms with Crippen molar-refractivity contribution in [1.82, 2.24) is 0 Å². The van der Waals surface area contributed by atoms with Crippen molar-refractivity contribution in [2.24, 2.45) is 0 Å². The Labute approximate surface area is 377 Å². The third-order valence-electron chi connectivity index (χ3n) is 11.8. The molecule has 0 saturated carbocycles. The molecule has 0 radical (unpaired) electrons. The first-order valence-electron chi connectivity index (χ1n) is 25.9. The highest BCUT2D eigenvalue weighted by atomic mass is 16.6. The van der Waals surface area contributed by atoms with Gasteiger partial charge in [0, 0.05) is 19.3 Å². The van der Waals surface area contributed by atoms with Gasteiger partial charge in [0.1, 0.15) is 12.6 Å². The summed E-state index contributed by atoms with van der Waals surface area (Å²) in [6, 6.07) is -0.725. The number of quaternary nitrogens is 1. The number of ether oxygens (including phenoxy) is 3. The van der Waals surface area contributed by atoms with Crippen LogP contribution in [0.2, 0.25) is 0 Å². The fourth-order valence-corrected chi connectivity index (χ4v) is 7.77. The van der Waals surface area contributed by atoms with Gasteiger partial charge in [-0.15, -0.1) is 0 Å². The van der Waals surface area contributed by atoms with E-state index in [-0.39, 0.29) is 42.7 Å². The van der Waals surface area contributed by atoms with Crippen molar-refractivity contribution in [2.45, 2.75) is 257 Å². The molecule has 0 aliphatic carbocycles. The van der Waals surface area contributed by atoms with E-state index in [9.17, 15) is 19.5 Å². The van der Waals surface area contributed by atoms with Crippen molar-refractivity contribution in [3.8, 4) is 0 Å². The van der Waals surface area contributed by atoms with Crippen molar-refractivity contribution in [3.05, 3.63) is 24.3 Å². The first kappa shape index (κ1) is 58.8. The number of unbranched alkanes of at least 4 members (excludes halogenated alkanes) is 29. The maximum Gasteiger partial charge on any atom is 0.306 e. The molecule has 358 valence electrons. The summed E-state index contributed by atoms with van der Waals surface area (Å²) >= 11 is 0. The number of carboxylic acids is 1. The first-order chi connectivity index (χ1) is 29.6. The standard InChI is InChI=1S/C53H99NO7/c1-6-8-10-12-14-16-18-20-22-24-26-28-30-32-34-36-38-40-42-44-52(56)61-49(47-59-46-45-50(53(57)58)54(3,4)5)48-60-51(55)43-41-39-37-35-33-31-29-27-25-23-21-19-17-15-13-11-9-7-2/h20,22-23,25,49-50H,6-19,21,24,26-48H2,1-5H3/b22-20-,25-23-. The van der Waals surface area contributed by atoms with Crippen LogP contribution < -0.4 is 5.11 Å². The van der Waals surface area contributed by atoms with Gasteiger partial charge in [0.05, 0.1) is 40.3 Å². The Balaban J connectivity index is 4.23. The van der Waals surface area contributed by atoms with Crippen LogP contribution in [-0.4, -0.2) is 75.5 Å². The number of esters is 2. The number of hydrogen-bond donors (Lipinski definition) is 0. The number of rotatable bonds is 47. The van der Waals surface area contributed by atoms with E-state index < -0.39 is 18.1 Å². The molecule has 0 heterocycles. The number of hydrogen-bond acceptors (Lipinski definition) is 7. The first-order valence-corrected chi connectivity index (χ1v) is 25.9. The minimum atomic E-state index is -1.12. The van der Waals surface area contributed by atoms with E-state index in [0.29, 0.717) is 12.8 Å². The zero-order valence-corrected chi connectivity index (χ0v) is 40.8. The predicted molar refractivity (Wildman–Crippen MR) is 254 cm³/mol. The maximum absolute atomic E-state index is 12.8. The van der Waals surface area contributed by atoms with Crippen LogP contribution in [0, 0.1) is 0 Å². The van der Waals surface area contributed by atoms with E-state index in [2.05, 4.69) is 38.2 Å². The average Bonchev–Trinajstić information content (AvgIpc) is 3.22. The van der Waals surface area contributed by atoms with Crippen molar-refractivity contribution in [2.75, 3.05) is 41.0 Å². The number of carbonyl (C=O) groups is 3. The van der Waals surface area contributed by atoms with Crippen LogP contribution in [0.4, 0.5) is 0 Å². The molecule has 0 aromatic carbocycles. The second kappa shape index (κ2) is 44.4. The molecule has 0 rings (SSSR count). The van der Waals surface area contributed by atoms with Gasteiger partial charge in [-0.3, -0.25) is 9.59 Å². The van der Waals surface area contributed by atoms with E-state index in [4.69, 9.17) is 14.2 Å². The van der Waals surface area contributed by atoms with E-state index >= 15 is 0 Å². The largest absolute Gasteiger partial charge is 0.544 e. The van der Waals surface area contributed by atoms with Crippen LogP contribution in [0.25, 0.3) is 0 Å². The van der Waals surface area contributed by atoms with Crippen molar-refractivity contribution >= 4 is 17.9 Å². The highest BCUT2D eigenvalue weighted by Crippen LogP contribution is 2.15. The average molecular weight is 862 g/mol. The molecule has 0 amide bonds. The fraction of sp³-hybridized carbons (Fsp3) is 0.868. The molecule has 0 fully saturated rings. The summed E-state index contributed by atoms with van der Waals surface area (Å²) in [4.78, 5) is 37.0. The molecule has 8 heteroatoms. The molecule has 0 aliphatic rings. The second-order valence-electron chi connectivity index (χ2n) is 18.8. The molecular formula is C53H99NO7. The molecule has 2 unspecified atom stereocenters. The van der Waals surface area contributed by atoms with Gasteiger partial charge in [-0.2, -0.15) is 0 Å². The molecule has 0 bridgehead atoms. The van der Waals surface area contributed by atoms with Gasteiger partial charge in [0.2, 0.25) is 0 Å². The summed E-state index contributed by atoms with van der Waals surface area (Å²) in [5, 5.41) is 11.7. The highest BCUT2D eigenvalue weighted by molar-refractivity contribution is 5.70. The zero-order chi connectivity index (χ0) is 44.9. The van der Waals surface area contributed by atoms with Crippen molar-refractivity contribution in [3.63, 3.8) is 0 Å². The topological polar surface area (TPSA) is 102 Å². The van der Waals surface area contributed by atoms with E-state index in [1.54, 1.807) is 21.1 Å². The highest BCUT2D eigenvalue weighted by Gasteiger charge is 2.25. The molecule has 0 aromatic rings. The van der Waals surface area contributed by atoms with Crippen LogP contribution in [0.1, 0.15) is 245 Å². The fourth-order valence-electron chi connectivity index (χ4n) is 7.77. The van der Waals surface area contributed by atoms with Gasteiger partial charge in [0.15, 0.2) is 6.10 Å². The van der Waals surface area contributed by atoms with E-state index in [1.165, 1.54) is 173 Å². The molecule has 0 aliphatic heterocycles. The maximum atomic E-state index is 12.8. The second-order valence-corrected chi connectivity index (χ2v) is 18.8. The lowest BCUT2D eigenvalue weighted by Crippen LogP contribution is -2.55. The lowest BCUT2D eigenvalue weighted by molar-refractivity contribution is -0.889. The third-order valence-corrected chi connectivity index (χ3v) is 11.8. The van der Waals surface area contributed by atoms with Crippen molar-refractivity contribution < 1.29 is 38.2 Å². The summed E-state index contributed by atoms with van der Waals surface area (Å²) in [7, 11) is 5.42. The molecule has 0 aromatic heterocycles. The van der Waals surface area contributed by atoms with Crippen LogP contribution in [-0.2, 0) is 28.6 Å². The number of likely N-dealkylation sites (N-methyl/N-ethyl adjacent to an activating group) is 1. The number of aliphatic carboxylic acids is 1. The van der Waals surface area contributed by atoms with Gasteiger partial charge < -0.3 is 28.6 Å². The van der Waals surface area contributed by atoms with Gasteiger partial charge in [-0.25, -0.2) is 0 Å². The number of nitrogens with zero attached hydrogens (tertiary/aromatic N) is 1. The summed E-state index contributed by atoms with van der Waals surface area (Å²) in [5.74, 6) is -1.73. The number of allylic oxidation sites excluding steroid dienone is 4. The van der Waals surface area contributed by atoms with Crippen LogP contribution in [0.3, 0.4) is 0 Å². The Bertz CT molecular complexity index is 1050. The number of carboxylic acid groups (broad SMARTS) is 1. The quantitative estimate of drug-likeness (QED) is 0.0260. The van der Waals surface area contributed by atoms with Crippen LogP contribution >= 0.6 is 0 Å². The van der Waals surface area contributed by atoms with Gasteiger partial charge in [-0.1, -0.05) is 186 Å². The van der Waals surface area contributed by atoms with Gasteiger partial charge in [0.25, 0.3) is 0 Å². The Morgan fingerprint density at radius 2 is 0.820 bits per heavy atom. The van der Waals surface area contributed by atoms with Crippen LogP contribution in [0.5, 0.6) is 0 Å². The van der Waals surface area contributed by atoms with E-state index in [0.717, 1.165) is 38.5 Å². The summed E-state index contributed by atoms with van der Waals surface area (Å²) in [6.45, 7) is 4.68. The molecule has 0 saturated heterocycles. The normalized spacial score (nSPS) is 13.0. The lowest BCUT2D eigenvalue weighted by atomic mass is 10.1. The van der Waals surface area contributed by atoms with Gasteiger partial charge >= 0.3 is 11.9 Å². The SMILES string of the molecule is CCCCCCCC/C=C\CCCCCCCCCCCC(=O)OC(COCCC(C(=O)[O-])[N+](C)(C)C)COC(=O)CCCCCCCCC/C=C\CCCCCCCCC. The molecule has 0 spiro atoms. The van der Waals surface area contributed by atoms with Crippen molar-refractivity contribution in [1.29, 1.82) is 0 Å². The lowest BCUT2D eigenvalue weighted by Gasteiger charge is -2.34. The zero-order valence-electron chi connectivity index (χ0n) is 40.8. The molecule has 61 heavy (non-hydrogen) atoms. The minimum Gasteiger partial charge on any atom is -0.544 e. The van der Waals surface area contributed by atoms with Gasteiger partial charge in [-0.05, 0) is 64.2 Å². The van der Waals surface area contributed by atoms with E-state index in [1.807, 2.05) is 0 Å². The Kier molecular flexibility index (Phi) is 42.8. The Hall–Kier alpha value is -2.19.